The van der Waals surface area contributed by atoms with E-state index < -0.39 is 11.4 Å². The lowest BCUT2D eigenvalue weighted by Crippen LogP contribution is -2.35. The van der Waals surface area contributed by atoms with E-state index in [1.807, 2.05) is 91.0 Å². The highest BCUT2D eigenvalue weighted by atomic mass is 16.8. The fourth-order valence-electron chi connectivity index (χ4n) is 5.13. The van der Waals surface area contributed by atoms with E-state index in [1.165, 1.54) is 0 Å². The summed E-state index contributed by atoms with van der Waals surface area (Å²) in [5.74, 6) is -0.0428. The first kappa shape index (κ1) is 25.0. The summed E-state index contributed by atoms with van der Waals surface area (Å²) in [5, 5.41) is 0. The van der Waals surface area contributed by atoms with E-state index >= 15 is 0 Å². The summed E-state index contributed by atoms with van der Waals surface area (Å²) in [6, 6.07) is 23.8. The van der Waals surface area contributed by atoms with Crippen LogP contribution in [0.15, 0.2) is 97.1 Å². The van der Waals surface area contributed by atoms with Gasteiger partial charge >= 0.3 is 0 Å². The van der Waals surface area contributed by atoms with Gasteiger partial charge in [-0.1, -0.05) is 66.7 Å². The van der Waals surface area contributed by atoms with Crippen LogP contribution in [0.25, 0.3) is 0 Å². The van der Waals surface area contributed by atoms with E-state index in [0.29, 0.717) is 17.1 Å². The van der Waals surface area contributed by atoms with Crippen LogP contribution in [0.5, 0.6) is 11.5 Å². The van der Waals surface area contributed by atoms with Crippen LogP contribution in [0.4, 0.5) is 0 Å². The van der Waals surface area contributed by atoms with Gasteiger partial charge in [-0.3, -0.25) is 0 Å². The molecule has 1 saturated heterocycles. The van der Waals surface area contributed by atoms with Crippen molar-refractivity contribution in [1.82, 2.24) is 0 Å². The Labute approximate surface area is 217 Å². The van der Waals surface area contributed by atoms with E-state index in [9.17, 15) is 4.79 Å². The summed E-state index contributed by atoms with van der Waals surface area (Å²) in [4.78, 5) is 11.5. The van der Waals surface area contributed by atoms with Gasteiger partial charge in [-0.05, 0) is 47.1 Å². The summed E-state index contributed by atoms with van der Waals surface area (Å²) in [6.45, 7) is 0. The maximum atomic E-state index is 11.5. The Kier molecular flexibility index (Phi) is 6.98. The molecule has 0 radical (unpaired) electrons. The van der Waals surface area contributed by atoms with Crippen molar-refractivity contribution in [3.8, 4) is 11.5 Å². The molecule has 37 heavy (non-hydrogen) atoms. The monoisotopic (exact) mass is 498 g/mol. The van der Waals surface area contributed by atoms with Crippen molar-refractivity contribution >= 4 is 6.29 Å². The Balaban J connectivity index is 1.57. The molecule has 2 atom stereocenters. The number of methoxy groups -OCH3 is 3. The molecule has 0 aromatic heterocycles. The molecule has 190 valence electrons. The zero-order chi connectivity index (χ0) is 25.9. The predicted molar refractivity (Wildman–Crippen MR) is 140 cm³/mol. The minimum Gasteiger partial charge on any atom is -0.493 e. The molecule has 0 bridgehead atoms. The van der Waals surface area contributed by atoms with E-state index in [0.717, 1.165) is 23.0 Å². The lowest BCUT2D eigenvalue weighted by Gasteiger charge is -2.35. The van der Waals surface area contributed by atoms with Crippen molar-refractivity contribution in [2.24, 2.45) is 0 Å². The van der Waals surface area contributed by atoms with Gasteiger partial charge in [0.05, 0.1) is 14.2 Å². The zero-order valence-electron chi connectivity index (χ0n) is 21.1. The average Bonchev–Trinajstić information content (AvgIpc) is 3.34. The summed E-state index contributed by atoms with van der Waals surface area (Å²) >= 11 is 0. The van der Waals surface area contributed by atoms with Crippen molar-refractivity contribution in [1.29, 1.82) is 0 Å². The lowest BCUT2D eigenvalue weighted by atomic mass is 9.83. The largest absolute Gasteiger partial charge is 0.493 e. The summed E-state index contributed by atoms with van der Waals surface area (Å²) in [5.41, 5.74) is 2.51. The second kappa shape index (κ2) is 10.3. The fraction of sp³-hybridized carbons (Fsp3) is 0.258. The predicted octanol–water partition coefficient (Wildman–Crippen LogP) is 5.64. The van der Waals surface area contributed by atoms with Crippen LogP contribution in [0.2, 0.25) is 0 Å². The molecular weight excluding hydrogens is 468 g/mol. The average molecular weight is 499 g/mol. The van der Waals surface area contributed by atoms with Crippen molar-refractivity contribution in [3.63, 3.8) is 0 Å². The third-order valence-electron chi connectivity index (χ3n) is 6.94. The molecule has 6 nitrogen and oxygen atoms in total. The second-order valence-electron chi connectivity index (χ2n) is 8.99. The second-order valence-corrected chi connectivity index (χ2v) is 8.99. The van der Waals surface area contributed by atoms with E-state index in [4.69, 9.17) is 23.7 Å². The summed E-state index contributed by atoms with van der Waals surface area (Å²) in [7, 11) is 4.77. The van der Waals surface area contributed by atoms with Crippen molar-refractivity contribution in [2.45, 2.75) is 30.0 Å². The molecule has 3 aromatic carbocycles. The van der Waals surface area contributed by atoms with Gasteiger partial charge in [0.2, 0.25) is 5.79 Å². The Morgan fingerprint density at radius 3 is 1.78 bits per heavy atom. The Morgan fingerprint density at radius 2 is 1.32 bits per heavy atom. The highest BCUT2D eigenvalue weighted by molar-refractivity contribution is 5.64. The van der Waals surface area contributed by atoms with Crippen LogP contribution < -0.4 is 9.47 Å². The SMILES string of the molecule is COc1ccc(CC=O)c(C2(OC)C=CC3(C=C2)O[C@H](c2ccccc2)[C@@H](c2ccccc2)O3)c1OC. The number of ether oxygens (including phenoxy) is 5. The van der Waals surface area contributed by atoms with Crippen LogP contribution >= 0.6 is 0 Å². The maximum Gasteiger partial charge on any atom is 0.209 e. The van der Waals surface area contributed by atoms with E-state index in [-0.39, 0.29) is 18.6 Å². The fourth-order valence-corrected chi connectivity index (χ4v) is 5.13. The number of carbonyl (C=O) groups is 1. The van der Waals surface area contributed by atoms with Crippen LogP contribution in [0.3, 0.4) is 0 Å². The summed E-state index contributed by atoms with van der Waals surface area (Å²) < 4.78 is 30.6. The van der Waals surface area contributed by atoms with Crippen LogP contribution in [-0.4, -0.2) is 33.4 Å². The molecule has 1 aliphatic carbocycles. The number of rotatable bonds is 8. The number of hydrogen-bond donors (Lipinski definition) is 0. The molecule has 2 aliphatic rings. The van der Waals surface area contributed by atoms with Gasteiger partial charge in [-0.25, -0.2) is 0 Å². The molecular formula is C31H30O6. The van der Waals surface area contributed by atoms with E-state index in [1.54, 1.807) is 27.4 Å². The van der Waals surface area contributed by atoms with Gasteiger partial charge < -0.3 is 28.5 Å². The van der Waals surface area contributed by atoms with Gasteiger partial charge in [0.15, 0.2) is 11.5 Å². The molecule has 1 heterocycles. The topological polar surface area (TPSA) is 63.2 Å². The van der Waals surface area contributed by atoms with E-state index in [2.05, 4.69) is 0 Å². The Hall–Kier alpha value is -3.71. The molecule has 5 rings (SSSR count). The number of benzene rings is 3. The highest BCUT2D eigenvalue weighted by Crippen LogP contribution is 2.52. The first-order chi connectivity index (χ1) is 18.1. The van der Waals surface area contributed by atoms with Gasteiger partial charge in [0, 0.05) is 19.1 Å². The molecule has 1 fully saturated rings. The van der Waals surface area contributed by atoms with Crippen molar-refractivity contribution in [3.05, 3.63) is 119 Å². The molecule has 0 N–H and O–H groups in total. The molecule has 1 spiro atoms. The first-order valence-corrected chi connectivity index (χ1v) is 12.2. The molecule has 3 aromatic rings. The minimum absolute atomic E-state index is 0.201. The van der Waals surface area contributed by atoms with Crippen molar-refractivity contribution < 1.29 is 28.5 Å². The maximum absolute atomic E-state index is 11.5. The standard InChI is InChI=1S/C31H30O6/c1-33-25-15-14-22(16-21-32)26(29(25)34-2)30(35-3)17-19-31(20-18-30)36-27(23-10-6-4-7-11-23)28(37-31)24-12-8-5-9-13-24/h4-15,17-21,27-28H,16H2,1-3H3/t27-,28-/m1/s1. The zero-order valence-corrected chi connectivity index (χ0v) is 21.1. The minimum atomic E-state index is -1.10. The normalized spacial score (nSPS) is 21.2. The summed E-state index contributed by atoms with van der Waals surface area (Å²) in [6.07, 6.45) is 7.98. The molecule has 0 saturated carbocycles. The quantitative estimate of drug-likeness (QED) is 0.296. The Morgan fingerprint density at radius 1 is 0.757 bits per heavy atom. The van der Waals surface area contributed by atoms with Gasteiger partial charge in [0.25, 0.3) is 0 Å². The van der Waals surface area contributed by atoms with Crippen LogP contribution in [-0.2, 0) is 31.0 Å². The molecule has 0 amide bonds. The number of aldehydes is 1. The third kappa shape index (κ3) is 4.48. The lowest BCUT2D eigenvalue weighted by molar-refractivity contribution is -0.107. The molecule has 1 aliphatic heterocycles. The molecule has 6 heteroatoms. The van der Waals surface area contributed by atoms with Crippen LogP contribution in [0, 0.1) is 0 Å². The third-order valence-corrected chi connectivity index (χ3v) is 6.94. The smallest absolute Gasteiger partial charge is 0.209 e. The van der Waals surface area contributed by atoms with Gasteiger partial charge in [-0.2, -0.15) is 0 Å². The van der Waals surface area contributed by atoms with Crippen molar-refractivity contribution in [2.75, 3.05) is 21.3 Å². The van der Waals surface area contributed by atoms with Gasteiger partial charge in [-0.15, -0.1) is 0 Å². The Bertz CT molecular complexity index is 1230. The number of carbonyl (C=O) groups excluding carboxylic acids is 1. The highest BCUT2D eigenvalue weighted by Gasteiger charge is 2.49. The first-order valence-electron chi connectivity index (χ1n) is 12.2. The van der Waals surface area contributed by atoms with Crippen LogP contribution in [0.1, 0.15) is 34.5 Å². The van der Waals surface area contributed by atoms with Gasteiger partial charge in [0.1, 0.15) is 24.1 Å². The number of hydrogen-bond acceptors (Lipinski definition) is 6. The molecule has 0 unspecified atom stereocenters.